The van der Waals surface area contributed by atoms with Gasteiger partial charge in [-0.3, -0.25) is 4.79 Å². The summed E-state index contributed by atoms with van der Waals surface area (Å²) in [7, 11) is 0. The molecule has 4 rings (SSSR count). The monoisotopic (exact) mass is 395 g/mol. The Morgan fingerprint density at radius 1 is 1.14 bits per heavy atom. The summed E-state index contributed by atoms with van der Waals surface area (Å²) >= 11 is 6.42. The van der Waals surface area contributed by atoms with Crippen LogP contribution in [0.25, 0.3) is 10.8 Å². The summed E-state index contributed by atoms with van der Waals surface area (Å²) in [5.74, 6) is 0.674. The first-order valence-electron chi connectivity index (χ1n) is 10.1. The second kappa shape index (κ2) is 8.00. The number of benzene rings is 2. The topological polar surface area (TPSA) is 42.1 Å². The van der Waals surface area contributed by atoms with Crippen LogP contribution in [0.2, 0.25) is 5.02 Å². The molecule has 4 heteroatoms. The van der Waals surface area contributed by atoms with Crippen LogP contribution in [0.5, 0.6) is 5.75 Å². The summed E-state index contributed by atoms with van der Waals surface area (Å²) in [6.45, 7) is 2.27. The van der Waals surface area contributed by atoms with Crippen molar-refractivity contribution in [3.63, 3.8) is 0 Å². The quantitative estimate of drug-likeness (QED) is 0.555. The summed E-state index contributed by atoms with van der Waals surface area (Å²) in [5, 5.41) is 1.94. The number of halogens is 1. The Labute approximate surface area is 170 Å². The number of aromatic nitrogens is 1. The maximum absolute atomic E-state index is 11.9. The number of hydrogen-bond acceptors (Lipinski definition) is 2. The molecule has 1 aliphatic rings. The summed E-state index contributed by atoms with van der Waals surface area (Å²) in [4.78, 5) is 14.6. The fourth-order valence-corrected chi connectivity index (χ4v) is 4.88. The highest BCUT2D eigenvalue weighted by atomic mass is 35.5. The molecule has 3 aromatic rings. The van der Waals surface area contributed by atoms with Crippen LogP contribution in [0.3, 0.4) is 0 Å². The first-order chi connectivity index (χ1) is 13.6. The van der Waals surface area contributed by atoms with E-state index in [9.17, 15) is 4.79 Å². The van der Waals surface area contributed by atoms with Crippen LogP contribution < -0.4 is 10.3 Å². The zero-order valence-corrected chi connectivity index (χ0v) is 17.0. The van der Waals surface area contributed by atoms with Crippen LogP contribution in [0, 0.1) is 0 Å². The zero-order valence-electron chi connectivity index (χ0n) is 16.2. The van der Waals surface area contributed by atoms with Crippen molar-refractivity contribution in [3.8, 4) is 5.75 Å². The van der Waals surface area contributed by atoms with Gasteiger partial charge in [-0.15, -0.1) is 0 Å². The minimum Gasteiger partial charge on any atom is -0.489 e. The molecule has 1 saturated carbocycles. The van der Waals surface area contributed by atoms with E-state index in [0.717, 1.165) is 31.1 Å². The number of fused-ring (bicyclic) bond motifs is 1. The Hall–Kier alpha value is -2.26. The SMILES string of the molecule is CCC[C@]1(c2ccccc2)CC[C@H](Oc2cc3cc[nH]c(=O)c3cc2Cl)CC1. The van der Waals surface area contributed by atoms with Crippen molar-refractivity contribution < 1.29 is 4.74 Å². The highest BCUT2D eigenvalue weighted by Gasteiger charge is 2.36. The van der Waals surface area contributed by atoms with E-state index < -0.39 is 0 Å². The van der Waals surface area contributed by atoms with E-state index in [-0.39, 0.29) is 17.1 Å². The molecular weight excluding hydrogens is 370 g/mol. The largest absolute Gasteiger partial charge is 0.489 e. The highest BCUT2D eigenvalue weighted by molar-refractivity contribution is 6.32. The van der Waals surface area contributed by atoms with Gasteiger partial charge in [0.05, 0.1) is 11.1 Å². The molecule has 2 aromatic carbocycles. The number of H-pyrrole nitrogens is 1. The summed E-state index contributed by atoms with van der Waals surface area (Å²) in [6, 6.07) is 16.4. The number of ether oxygens (including phenoxy) is 1. The molecule has 0 spiro atoms. The van der Waals surface area contributed by atoms with Crippen molar-refractivity contribution in [2.45, 2.75) is 57.0 Å². The lowest BCUT2D eigenvalue weighted by Gasteiger charge is -2.41. The lowest BCUT2D eigenvalue weighted by molar-refractivity contribution is 0.112. The second-order valence-electron chi connectivity index (χ2n) is 7.89. The smallest absolute Gasteiger partial charge is 0.255 e. The first kappa shape index (κ1) is 19.1. The van der Waals surface area contributed by atoms with Crippen LogP contribution in [-0.2, 0) is 5.41 Å². The molecule has 0 unspecified atom stereocenters. The van der Waals surface area contributed by atoms with Gasteiger partial charge in [0.25, 0.3) is 5.56 Å². The molecule has 1 N–H and O–H groups in total. The summed E-state index contributed by atoms with van der Waals surface area (Å²) in [5.41, 5.74) is 1.59. The first-order valence-corrected chi connectivity index (χ1v) is 10.5. The molecule has 3 nitrogen and oxygen atoms in total. The normalized spacial score (nSPS) is 22.3. The molecular formula is C24H26ClNO2. The standard InChI is InChI=1S/C24H26ClNO2/c1-2-11-24(18-6-4-3-5-7-18)12-8-19(9-13-24)28-22-15-17-10-14-26-23(27)20(17)16-21(22)25/h3-7,10,14-16,19H,2,8-9,11-13H2,1H3,(H,26,27)/t19-,24-. The Morgan fingerprint density at radius 3 is 2.61 bits per heavy atom. The molecule has 0 aliphatic heterocycles. The molecule has 1 fully saturated rings. The molecule has 0 atom stereocenters. The van der Waals surface area contributed by atoms with E-state index in [1.165, 1.54) is 18.4 Å². The minimum atomic E-state index is -0.129. The number of rotatable bonds is 5. The van der Waals surface area contributed by atoms with Gasteiger partial charge in [-0.2, -0.15) is 0 Å². The Kier molecular flexibility index (Phi) is 5.45. The van der Waals surface area contributed by atoms with Crippen LogP contribution in [-0.4, -0.2) is 11.1 Å². The van der Waals surface area contributed by atoms with Gasteiger partial charge in [-0.1, -0.05) is 55.3 Å². The third-order valence-corrected chi connectivity index (χ3v) is 6.42. The Morgan fingerprint density at radius 2 is 1.89 bits per heavy atom. The van der Waals surface area contributed by atoms with E-state index in [1.807, 2.05) is 12.1 Å². The number of nitrogens with one attached hydrogen (secondary N) is 1. The predicted octanol–water partition coefficient (Wildman–Crippen LogP) is 6.24. The van der Waals surface area contributed by atoms with Crippen molar-refractivity contribution in [1.29, 1.82) is 0 Å². The third-order valence-electron chi connectivity index (χ3n) is 6.12. The van der Waals surface area contributed by atoms with E-state index in [4.69, 9.17) is 16.3 Å². The number of pyridine rings is 1. The molecule has 0 saturated heterocycles. The van der Waals surface area contributed by atoms with Crippen molar-refractivity contribution in [1.82, 2.24) is 4.98 Å². The summed E-state index contributed by atoms with van der Waals surface area (Å²) in [6.07, 6.45) is 8.49. The predicted molar refractivity (Wildman–Crippen MR) is 115 cm³/mol. The zero-order chi connectivity index (χ0) is 19.6. The van der Waals surface area contributed by atoms with E-state index >= 15 is 0 Å². The van der Waals surface area contributed by atoms with Gasteiger partial charge in [0, 0.05) is 11.6 Å². The third kappa shape index (κ3) is 3.68. The molecule has 0 amide bonds. The van der Waals surface area contributed by atoms with Gasteiger partial charge in [-0.05, 0) is 66.7 Å². The van der Waals surface area contributed by atoms with Crippen LogP contribution >= 0.6 is 11.6 Å². The van der Waals surface area contributed by atoms with E-state index in [2.05, 4.69) is 42.2 Å². The van der Waals surface area contributed by atoms with Crippen LogP contribution in [0.1, 0.15) is 51.0 Å². The molecule has 0 radical (unpaired) electrons. The second-order valence-corrected chi connectivity index (χ2v) is 8.30. The van der Waals surface area contributed by atoms with Crippen molar-refractivity contribution >= 4 is 22.4 Å². The van der Waals surface area contributed by atoms with Crippen molar-refractivity contribution in [2.75, 3.05) is 0 Å². The van der Waals surface area contributed by atoms with Gasteiger partial charge in [-0.25, -0.2) is 0 Å². The van der Waals surface area contributed by atoms with Crippen molar-refractivity contribution in [2.24, 2.45) is 0 Å². The van der Waals surface area contributed by atoms with Gasteiger partial charge < -0.3 is 9.72 Å². The van der Waals surface area contributed by atoms with E-state index in [0.29, 0.717) is 16.2 Å². The highest BCUT2D eigenvalue weighted by Crippen LogP contribution is 2.44. The number of hydrogen-bond donors (Lipinski definition) is 1. The van der Waals surface area contributed by atoms with Crippen molar-refractivity contribution in [3.05, 3.63) is 75.7 Å². The molecule has 1 aliphatic carbocycles. The van der Waals surface area contributed by atoms with Gasteiger partial charge >= 0.3 is 0 Å². The lowest BCUT2D eigenvalue weighted by Crippen LogP contribution is -2.35. The number of aromatic amines is 1. The molecule has 1 heterocycles. The van der Waals surface area contributed by atoms with Crippen LogP contribution in [0.4, 0.5) is 0 Å². The Bertz CT molecular complexity index is 1000. The minimum absolute atomic E-state index is 0.129. The average molecular weight is 396 g/mol. The van der Waals surface area contributed by atoms with Gasteiger partial charge in [0.2, 0.25) is 0 Å². The lowest BCUT2D eigenvalue weighted by atomic mass is 9.66. The fraction of sp³-hybridized carbons (Fsp3) is 0.375. The van der Waals surface area contributed by atoms with Gasteiger partial charge in [0.15, 0.2) is 0 Å². The maximum Gasteiger partial charge on any atom is 0.255 e. The maximum atomic E-state index is 11.9. The molecule has 28 heavy (non-hydrogen) atoms. The van der Waals surface area contributed by atoms with E-state index in [1.54, 1.807) is 12.3 Å². The molecule has 1 aromatic heterocycles. The average Bonchev–Trinajstić information content (AvgIpc) is 2.72. The fourth-order valence-electron chi connectivity index (χ4n) is 4.67. The molecule has 146 valence electrons. The van der Waals surface area contributed by atoms with Crippen LogP contribution in [0.15, 0.2) is 59.5 Å². The molecule has 0 bridgehead atoms. The van der Waals surface area contributed by atoms with Gasteiger partial charge in [0.1, 0.15) is 5.75 Å². The summed E-state index contributed by atoms with van der Waals surface area (Å²) < 4.78 is 6.30. The Balaban J connectivity index is 1.52.